The minimum Gasteiger partial charge on any atom is -0.391 e. The number of nitrogens with two attached hydrogens (primary N) is 1. The molecule has 0 bridgehead atoms. The van der Waals surface area contributed by atoms with Crippen LogP contribution >= 0.6 is 0 Å². The predicted molar refractivity (Wildman–Crippen MR) is 170 cm³/mol. The van der Waals surface area contributed by atoms with E-state index in [0.717, 1.165) is 24.5 Å². The lowest BCUT2D eigenvalue weighted by molar-refractivity contribution is -0.132. The second kappa shape index (κ2) is 15.8. The van der Waals surface area contributed by atoms with Gasteiger partial charge in [-0.15, -0.1) is 6.42 Å². The molecule has 0 radical (unpaired) electrons. The Morgan fingerprint density at radius 3 is 2.32 bits per heavy atom. The largest absolute Gasteiger partial charge is 0.391 e. The number of nitrogens with zero attached hydrogens (tertiary/aromatic N) is 1. The lowest BCUT2D eigenvalue weighted by atomic mass is 9.63. The standard InChI is InChI=1S/C36H45F2N3O3/c1-6-12-41(13-7-2)34(43)29-14-25(8-3)20-36(21-29,35(39)44)32(18-27-16-30(37)19-31(38)17-27)33(42)23-40-22-26-10-9-11-28(15-26)24(4)5/h3,9-11,14-17,19-20,24,32-33,40,42H,6-7,12-13,18,21-23H2,1-2,4-5H3,(H2,39,44)/t32-,33+,36?/m1/s1. The summed E-state index contributed by atoms with van der Waals surface area (Å²) in [5.41, 5.74) is 7.54. The number of carbonyl (C=O) groups is 2. The molecule has 2 amide bonds. The molecule has 0 saturated heterocycles. The second-order valence-electron chi connectivity index (χ2n) is 12.0. The monoisotopic (exact) mass is 605 g/mol. The van der Waals surface area contributed by atoms with Gasteiger partial charge >= 0.3 is 0 Å². The number of amides is 2. The van der Waals surface area contributed by atoms with E-state index >= 15 is 0 Å². The van der Waals surface area contributed by atoms with Crippen LogP contribution < -0.4 is 11.1 Å². The van der Waals surface area contributed by atoms with Gasteiger partial charge in [0.1, 0.15) is 11.6 Å². The second-order valence-corrected chi connectivity index (χ2v) is 12.0. The highest BCUT2D eigenvalue weighted by molar-refractivity contribution is 5.97. The van der Waals surface area contributed by atoms with E-state index in [0.29, 0.717) is 31.1 Å². The fourth-order valence-corrected chi connectivity index (χ4v) is 5.99. The normalized spacial score (nSPS) is 17.8. The summed E-state index contributed by atoms with van der Waals surface area (Å²) in [6.45, 7) is 9.72. The molecule has 2 aromatic rings. The molecule has 0 aromatic heterocycles. The SMILES string of the molecule is C#CC1=CC(C(N)=O)([C@H](Cc2cc(F)cc(F)c2)[C@@H](O)CNCc2cccc(C(C)C)c2)CC(C(=O)N(CCC)CCC)=C1. The first kappa shape index (κ1) is 34.7. The minimum absolute atomic E-state index is 0.0490. The van der Waals surface area contributed by atoms with E-state index in [2.05, 4.69) is 37.2 Å². The average Bonchev–Trinajstić information content (AvgIpc) is 2.98. The number of carbonyl (C=O) groups excluding carboxylic acids is 2. The predicted octanol–water partition coefficient (Wildman–Crippen LogP) is 5.41. The van der Waals surface area contributed by atoms with Crippen molar-refractivity contribution >= 4 is 11.8 Å². The van der Waals surface area contributed by atoms with E-state index in [1.165, 1.54) is 23.8 Å². The lowest BCUT2D eigenvalue weighted by Crippen LogP contribution is -2.51. The van der Waals surface area contributed by atoms with E-state index < -0.39 is 35.0 Å². The van der Waals surface area contributed by atoms with Crippen LogP contribution in [0.25, 0.3) is 0 Å². The zero-order valence-electron chi connectivity index (χ0n) is 26.2. The van der Waals surface area contributed by atoms with E-state index in [1.807, 2.05) is 26.0 Å². The van der Waals surface area contributed by atoms with E-state index in [4.69, 9.17) is 12.2 Å². The Bertz CT molecular complexity index is 1400. The Morgan fingerprint density at radius 2 is 1.75 bits per heavy atom. The Kier molecular flexibility index (Phi) is 12.4. The quantitative estimate of drug-likeness (QED) is 0.237. The van der Waals surface area contributed by atoms with Crippen LogP contribution in [-0.4, -0.2) is 47.6 Å². The maximum atomic E-state index is 14.3. The third kappa shape index (κ3) is 8.64. The topological polar surface area (TPSA) is 95.7 Å². The van der Waals surface area contributed by atoms with Crippen molar-refractivity contribution in [1.82, 2.24) is 10.2 Å². The van der Waals surface area contributed by atoms with Crippen LogP contribution in [-0.2, 0) is 22.6 Å². The van der Waals surface area contributed by atoms with Crippen LogP contribution in [0.2, 0.25) is 0 Å². The highest BCUT2D eigenvalue weighted by atomic mass is 19.1. The van der Waals surface area contributed by atoms with Crippen molar-refractivity contribution in [1.29, 1.82) is 0 Å². The van der Waals surface area contributed by atoms with Crippen molar-refractivity contribution in [3.63, 3.8) is 0 Å². The van der Waals surface area contributed by atoms with Crippen LogP contribution in [0.1, 0.15) is 69.6 Å². The smallest absolute Gasteiger partial charge is 0.249 e. The maximum Gasteiger partial charge on any atom is 0.249 e. The molecule has 3 atom stereocenters. The van der Waals surface area contributed by atoms with E-state index in [9.17, 15) is 23.5 Å². The molecule has 0 heterocycles. The summed E-state index contributed by atoms with van der Waals surface area (Å²) in [6, 6.07) is 11.2. The molecular weight excluding hydrogens is 560 g/mol. The third-order valence-electron chi connectivity index (χ3n) is 8.20. The molecule has 0 aliphatic heterocycles. The molecule has 1 unspecified atom stereocenters. The highest BCUT2D eigenvalue weighted by Gasteiger charge is 2.49. The first-order valence-electron chi connectivity index (χ1n) is 15.4. The first-order valence-corrected chi connectivity index (χ1v) is 15.4. The number of aliphatic hydroxyl groups is 1. The van der Waals surface area contributed by atoms with Crippen LogP contribution in [0.15, 0.2) is 65.8 Å². The van der Waals surface area contributed by atoms with Gasteiger partial charge in [0.05, 0.1) is 11.5 Å². The number of aliphatic hydroxyl groups excluding tert-OH is 1. The molecule has 1 aliphatic rings. The summed E-state index contributed by atoms with van der Waals surface area (Å²) in [7, 11) is 0. The number of hydrogen-bond donors (Lipinski definition) is 3. The van der Waals surface area contributed by atoms with Crippen molar-refractivity contribution < 1.29 is 23.5 Å². The van der Waals surface area contributed by atoms with Crippen molar-refractivity contribution in [2.75, 3.05) is 19.6 Å². The fraction of sp³-hybridized carbons (Fsp3) is 0.444. The van der Waals surface area contributed by atoms with Gasteiger partial charge in [0.15, 0.2) is 0 Å². The van der Waals surface area contributed by atoms with Crippen LogP contribution in [0.5, 0.6) is 0 Å². The van der Waals surface area contributed by atoms with Gasteiger partial charge in [-0.25, -0.2) is 8.78 Å². The van der Waals surface area contributed by atoms with Gasteiger partial charge in [-0.2, -0.15) is 0 Å². The number of hydrogen-bond acceptors (Lipinski definition) is 4. The van der Waals surface area contributed by atoms with Crippen molar-refractivity contribution in [3.05, 3.63) is 94.1 Å². The highest BCUT2D eigenvalue weighted by Crippen LogP contribution is 2.44. The summed E-state index contributed by atoms with van der Waals surface area (Å²) in [5, 5.41) is 15.0. The molecule has 1 aliphatic carbocycles. The number of nitrogens with one attached hydrogen (secondary N) is 1. The zero-order valence-corrected chi connectivity index (χ0v) is 26.2. The van der Waals surface area contributed by atoms with Crippen LogP contribution in [0.3, 0.4) is 0 Å². The Balaban J connectivity index is 2.02. The number of allylic oxidation sites excluding steroid dienone is 2. The average molecular weight is 606 g/mol. The molecule has 3 rings (SSSR count). The minimum atomic E-state index is -1.60. The summed E-state index contributed by atoms with van der Waals surface area (Å²) in [4.78, 5) is 28.9. The molecule has 0 saturated carbocycles. The Labute approximate surface area is 260 Å². The maximum absolute atomic E-state index is 14.3. The molecular formula is C36H45F2N3O3. The molecule has 236 valence electrons. The van der Waals surface area contributed by atoms with Crippen LogP contribution in [0.4, 0.5) is 8.78 Å². The Hall–Kier alpha value is -3.80. The molecule has 44 heavy (non-hydrogen) atoms. The summed E-state index contributed by atoms with van der Waals surface area (Å²) in [5.74, 6) is -0.673. The van der Waals surface area contributed by atoms with E-state index in [-0.39, 0.29) is 36.4 Å². The summed E-state index contributed by atoms with van der Waals surface area (Å²) >= 11 is 0. The van der Waals surface area contributed by atoms with E-state index in [1.54, 1.807) is 11.0 Å². The van der Waals surface area contributed by atoms with Crippen molar-refractivity contribution in [3.8, 4) is 12.3 Å². The van der Waals surface area contributed by atoms with Gasteiger partial charge in [0, 0.05) is 49.3 Å². The number of benzene rings is 2. The van der Waals surface area contributed by atoms with Gasteiger partial charge in [-0.1, -0.05) is 64.0 Å². The van der Waals surface area contributed by atoms with Gasteiger partial charge in [0.2, 0.25) is 11.8 Å². The molecule has 0 fully saturated rings. The van der Waals surface area contributed by atoms with Gasteiger partial charge < -0.3 is 21.1 Å². The van der Waals surface area contributed by atoms with Crippen molar-refractivity contribution in [2.24, 2.45) is 17.1 Å². The third-order valence-corrected chi connectivity index (χ3v) is 8.20. The lowest BCUT2D eigenvalue weighted by Gasteiger charge is -2.41. The van der Waals surface area contributed by atoms with Gasteiger partial charge in [-0.05, 0) is 66.5 Å². The molecule has 6 nitrogen and oxygen atoms in total. The number of rotatable bonds is 15. The summed E-state index contributed by atoms with van der Waals surface area (Å²) < 4.78 is 28.5. The zero-order chi connectivity index (χ0) is 32.4. The molecule has 8 heteroatoms. The Morgan fingerprint density at radius 1 is 1.09 bits per heavy atom. The fourth-order valence-electron chi connectivity index (χ4n) is 5.99. The number of terminal acetylenes is 1. The molecule has 4 N–H and O–H groups in total. The molecule has 2 aromatic carbocycles. The number of primary amides is 1. The van der Waals surface area contributed by atoms with Crippen molar-refractivity contribution in [2.45, 2.75) is 71.9 Å². The number of halogens is 2. The van der Waals surface area contributed by atoms with Crippen LogP contribution in [0, 0.1) is 35.3 Å². The molecule has 0 spiro atoms. The summed E-state index contributed by atoms with van der Waals surface area (Å²) in [6.07, 6.45) is 9.03. The van der Waals surface area contributed by atoms with Gasteiger partial charge in [-0.3, -0.25) is 9.59 Å². The van der Waals surface area contributed by atoms with Gasteiger partial charge in [0.25, 0.3) is 0 Å². The first-order chi connectivity index (χ1) is 20.9.